The minimum Gasteiger partial charge on any atom is -0.350 e. The third kappa shape index (κ3) is 4.02. The molecule has 3 heterocycles. The van der Waals surface area contributed by atoms with Crippen molar-refractivity contribution in [1.29, 1.82) is 0 Å². The molecule has 2 aliphatic heterocycles. The number of anilines is 2. The van der Waals surface area contributed by atoms with Gasteiger partial charge in [-0.05, 0) is 5.56 Å². The molecule has 3 aromatic rings. The van der Waals surface area contributed by atoms with Gasteiger partial charge in [0.15, 0.2) is 12.1 Å². The smallest absolute Gasteiger partial charge is 0.292 e. The lowest BCUT2D eigenvalue weighted by Gasteiger charge is -2.38. The quantitative estimate of drug-likeness (QED) is 0.577. The van der Waals surface area contributed by atoms with Crippen molar-refractivity contribution in [2.24, 2.45) is 0 Å². The van der Waals surface area contributed by atoms with E-state index < -0.39 is 0 Å². The van der Waals surface area contributed by atoms with Gasteiger partial charge in [-0.15, -0.1) is 0 Å². The van der Waals surface area contributed by atoms with Crippen molar-refractivity contribution < 1.29 is 4.79 Å². The van der Waals surface area contributed by atoms with Crippen LogP contribution in [0.25, 0.3) is 0 Å². The lowest BCUT2D eigenvalue weighted by Crippen LogP contribution is -2.56. The first kappa shape index (κ1) is 20.4. The van der Waals surface area contributed by atoms with Crippen molar-refractivity contribution in [2.45, 2.75) is 19.4 Å². The van der Waals surface area contributed by atoms with E-state index in [2.05, 4.69) is 37.7 Å². The van der Waals surface area contributed by atoms with Crippen molar-refractivity contribution in [3.05, 3.63) is 88.3 Å². The number of carbonyl (C=O) groups is 1. The van der Waals surface area contributed by atoms with Crippen molar-refractivity contribution in [1.82, 2.24) is 20.0 Å². The summed E-state index contributed by atoms with van der Waals surface area (Å²) in [7, 11) is 0. The zero-order valence-corrected chi connectivity index (χ0v) is 17.8. The van der Waals surface area contributed by atoms with Crippen LogP contribution in [0.15, 0.2) is 71.7 Å². The number of nitrogens with one attached hydrogen (secondary N) is 2. The van der Waals surface area contributed by atoms with E-state index in [1.165, 1.54) is 4.68 Å². The Morgan fingerprint density at radius 3 is 2.41 bits per heavy atom. The molecular formula is C24H26N6O2. The summed E-state index contributed by atoms with van der Waals surface area (Å²) in [4.78, 5) is 30.6. The van der Waals surface area contributed by atoms with Gasteiger partial charge in [0.05, 0.1) is 11.9 Å². The summed E-state index contributed by atoms with van der Waals surface area (Å²) in [5.41, 5.74) is 2.70. The summed E-state index contributed by atoms with van der Waals surface area (Å²) in [5.74, 6) is -0.139. The molecule has 164 valence electrons. The highest BCUT2D eigenvalue weighted by molar-refractivity contribution is 5.95. The number of piperazine rings is 1. The van der Waals surface area contributed by atoms with Crippen LogP contribution >= 0.6 is 0 Å². The Bertz CT molecular complexity index is 1140. The van der Waals surface area contributed by atoms with Crippen LogP contribution in [-0.4, -0.2) is 52.9 Å². The van der Waals surface area contributed by atoms with Gasteiger partial charge in [0.25, 0.3) is 5.56 Å². The highest BCUT2D eigenvalue weighted by Gasteiger charge is 2.36. The zero-order valence-electron chi connectivity index (χ0n) is 17.8. The molecule has 0 radical (unpaired) electrons. The molecule has 0 spiro atoms. The Balaban J connectivity index is 1.48. The average molecular weight is 431 g/mol. The lowest BCUT2D eigenvalue weighted by molar-refractivity contribution is 0.0965. The zero-order chi connectivity index (χ0) is 21.9. The minimum absolute atomic E-state index is 0.0897. The Labute approximate surface area is 186 Å². The molecule has 5 rings (SSSR count). The molecule has 2 aromatic carbocycles. The van der Waals surface area contributed by atoms with Crippen LogP contribution in [0.2, 0.25) is 0 Å². The number of benzene rings is 2. The van der Waals surface area contributed by atoms with Crippen molar-refractivity contribution in [3.8, 4) is 0 Å². The molecule has 1 unspecified atom stereocenters. The van der Waals surface area contributed by atoms with Crippen LogP contribution in [-0.2, 0) is 13.1 Å². The van der Waals surface area contributed by atoms with E-state index in [1.54, 1.807) is 18.3 Å². The normalized spacial score (nSPS) is 18.2. The standard InChI is InChI=1S/C24H26N6O2/c31-21(19-9-5-2-6-10-19)17-30-23(32)22-20(15-26-30)27-24(28-13-11-25-12-14-28)29(22)16-18-7-3-1-4-8-18/h1-10,15,24-25,27H,11-14,16-17H2. The number of hydrogen-bond acceptors (Lipinski definition) is 7. The number of carbonyl (C=O) groups excluding carboxylic acids is 1. The van der Waals surface area contributed by atoms with Crippen LogP contribution in [0.4, 0.5) is 11.4 Å². The van der Waals surface area contributed by atoms with Crippen LogP contribution in [0, 0.1) is 0 Å². The van der Waals surface area contributed by atoms with Gasteiger partial charge in [-0.25, -0.2) is 4.68 Å². The summed E-state index contributed by atoms with van der Waals surface area (Å²) < 4.78 is 1.27. The van der Waals surface area contributed by atoms with E-state index in [0.29, 0.717) is 23.5 Å². The maximum absolute atomic E-state index is 13.5. The maximum Gasteiger partial charge on any atom is 0.292 e. The number of rotatable bonds is 6. The molecule has 0 amide bonds. The monoisotopic (exact) mass is 430 g/mol. The minimum atomic E-state index is -0.257. The Kier molecular flexibility index (Phi) is 5.70. The van der Waals surface area contributed by atoms with Gasteiger partial charge in [-0.3, -0.25) is 14.5 Å². The summed E-state index contributed by atoms with van der Waals surface area (Å²) in [6.07, 6.45) is 1.53. The summed E-state index contributed by atoms with van der Waals surface area (Å²) in [6.45, 7) is 4.06. The average Bonchev–Trinajstić information content (AvgIpc) is 3.21. The van der Waals surface area contributed by atoms with Crippen molar-refractivity contribution in [3.63, 3.8) is 0 Å². The second kappa shape index (κ2) is 8.94. The van der Waals surface area contributed by atoms with Crippen LogP contribution < -0.4 is 21.1 Å². The van der Waals surface area contributed by atoms with Gasteiger partial charge in [-0.2, -0.15) is 5.10 Å². The first-order valence-electron chi connectivity index (χ1n) is 10.9. The van der Waals surface area contributed by atoms with E-state index in [9.17, 15) is 9.59 Å². The fourth-order valence-corrected chi connectivity index (χ4v) is 4.33. The van der Waals surface area contributed by atoms with Gasteiger partial charge in [-0.1, -0.05) is 60.7 Å². The Morgan fingerprint density at radius 2 is 1.69 bits per heavy atom. The molecular weight excluding hydrogens is 404 g/mol. The third-order valence-electron chi connectivity index (χ3n) is 5.97. The van der Waals surface area contributed by atoms with Crippen LogP contribution in [0.1, 0.15) is 15.9 Å². The maximum atomic E-state index is 13.5. The summed E-state index contributed by atoms with van der Waals surface area (Å²) in [6, 6.07) is 19.1. The number of ketones is 1. The summed E-state index contributed by atoms with van der Waals surface area (Å²) in [5, 5.41) is 11.2. The highest BCUT2D eigenvalue weighted by Crippen LogP contribution is 2.33. The molecule has 0 aliphatic carbocycles. The van der Waals surface area contributed by atoms with E-state index in [4.69, 9.17) is 0 Å². The molecule has 32 heavy (non-hydrogen) atoms. The predicted molar refractivity (Wildman–Crippen MR) is 124 cm³/mol. The van der Waals surface area contributed by atoms with Crippen molar-refractivity contribution >= 4 is 17.2 Å². The molecule has 1 aromatic heterocycles. The fraction of sp³-hybridized carbons (Fsp3) is 0.292. The van der Waals surface area contributed by atoms with Gasteiger partial charge in [0.1, 0.15) is 12.2 Å². The van der Waals surface area contributed by atoms with Gasteiger partial charge < -0.3 is 15.5 Å². The van der Waals surface area contributed by atoms with E-state index >= 15 is 0 Å². The largest absolute Gasteiger partial charge is 0.350 e. The molecule has 8 nitrogen and oxygen atoms in total. The molecule has 0 saturated carbocycles. The lowest BCUT2D eigenvalue weighted by atomic mass is 10.1. The summed E-state index contributed by atoms with van der Waals surface area (Å²) >= 11 is 0. The van der Waals surface area contributed by atoms with Crippen LogP contribution in [0.5, 0.6) is 0 Å². The Hall–Kier alpha value is -3.49. The third-order valence-corrected chi connectivity index (χ3v) is 5.97. The van der Waals surface area contributed by atoms with E-state index in [-0.39, 0.29) is 24.2 Å². The second-order valence-electron chi connectivity index (χ2n) is 8.08. The number of aromatic nitrogens is 2. The van der Waals surface area contributed by atoms with E-state index in [1.807, 2.05) is 36.4 Å². The number of fused-ring (bicyclic) bond motifs is 1. The number of hydrogen-bond donors (Lipinski definition) is 2. The molecule has 8 heteroatoms. The first-order valence-corrected chi connectivity index (χ1v) is 10.9. The predicted octanol–water partition coefficient (Wildman–Crippen LogP) is 1.75. The molecule has 2 aliphatic rings. The number of Topliss-reactive ketones (excluding diaryl/α,β-unsaturated/α-hetero) is 1. The van der Waals surface area contributed by atoms with Gasteiger partial charge in [0, 0.05) is 38.3 Å². The number of nitrogens with zero attached hydrogens (tertiary/aromatic N) is 4. The molecule has 1 fully saturated rings. The first-order chi connectivity index (χ1) is 15.7. The van der Waals surface area contributed by atoms with Gasteiger partial charge >= 0.3 is 0 Å². The van der Waals surface area contributed by atoms with Crippen molar-refractivity contribution in [2.75, 3.05) is 36.4 Å². The molecule has 0 bridgehead atoms. The topological polar surface area (TPSA) is 82.5 Å². The van der Waals surface area contributed by atoms with Gasteiger partial charge in [0.2, 0.25) is 0 Å². The highest BCUT2D eigenvalue weighted by atomic mass is 16.1. The fourth-order valence-electron chi connectivity index (χ4n) is 4.33. The SMILES string of the molecule is O=C(Cn1ncc2c(c1=O)N(Cc1ccccc1)C(N1CCNCC1)N2)c1ccccc1. The molecule has 2 N–H and O–H groups in total. The molecule has 1 atom stereocenters. The molecule has 1 saturated heterocycles. The van der Waals surface area contributed by atoms with E-state index in [0.717, 1.165) is 31.7 Å². The second-order valence-corrected chi connectivity index (χ2v) is 8.08. The van der Waals surface area contributed by atoms with Crippen LogP contribution in [0.3, 0.4) is 0 Å². The Morgan fingerprint density at radius 1 is 1.00 bits per heavy atom.